The van der Waals surface area contributed by atoms with E-state index in [1.54, 1.807) is 0 Å². The molecule has 0 atom stereocenters. The zero-order valence-corrected chi connectivity index (χ0v) is 13.4. The summed E-state index contributed by atoms with van der Waals surface area (Å²) in [6, 6.07) is 0. The molecule has 4 saturated carbocycles. The second kappa shape index (κ2) is 5.57. The first kappa shape index (κ1) is 16.9. The van der Waals surface area contributed by atoms with Gasteiger partial charge in [0.25, 0.3) is 0 Å². The molecule has 4 bridgehead atoms. The van der Waals surface area contributed by atoms with E-state index in [4.69, 9.17) is 15.3 Å². The highest BCUT2D eigenvalue weighted by Gasteiger charge is 2.62. The van der Waals surface area contributed by atoms with Crippen molar-refractivity contribution < 1.29 is 29.7 Å². The molecule has 0 aromatic carbocycles. The van der Waals surface area contributed by atoms with E-state index in [0.29, 0.717) is 19.3 Å². The Bertz CT molecular complexity index is 727. The van der Waals surface area contributed by atoms with Crippen LogP contribution in [-0.2, 0) is 14.4 Å². The molecule has 0 unspecified atom stereocenters. The van der Waals surface area contributed by atoms with Gasteiger partial charge < -0.3 is 15.3 Å². The van der Waals surface area contributed by atoms with Gasteiger partial charge in [0.05, 0.1) is 0 Å². The Morgan fingerprint density at radius 3 is 1.16 bits per heavy atom. The number of hydrogen-bond donors (Lipinski definition) is 3. The molecule has 128 valence electrons. The van der Waals surface area contributed by atoms with Crippen LogP contribution in [0.4, 0.5) is 0 Å². The van der Waals surface area contributed by atoms with Gasteiger partial charge in [-0.3, -0.25) is 0 Å². The number of hydrogen-bond acceptors (Lipinski definition) is 3. The number of rotatable bonds is 0. The van der Waals surface area contributed by atoms with Crippen LogP contribution in [0.5, 0.6) is 0 Å². The lowest BCUT2D eigenvalue weighted by Gasteiger charge is -2.62. The molecule has 0 heterocycles. The fraction of sp³-hybridized carbons (Fsp3) is 0.526. The molecule has 6 nitrogen and oxygen atoms in total. The maximum Gasteiger partial charge on any atom is 0.381 e. The van der Waals surface area contributed by atoms with Gasteiger partial charge in [-0.05, 0) is 44.4 Å². The van der Waals surface area contributed by atoms with Gasteiger partial charge in [-0.1, -0.05) is 17.8 Å². The van der Waals surface area contributed by atoms with E-state index >= 15 is 0 Å². The molecule has 6 heteroatoms. The smallest absolute Gasteiger partial charge is 0.381 e. The first-order valence-corrected chi connectivity index (χ1v) is 7.94. The standard InChI is InChI=1S/C19H16O6/c20-14(21)1-4-17-7-13-8-18(10-17,5-2-15(22)23)12-19(9-13,11-17)6-3-16(24)25/h13H,7-12H2,(H,20,21)(H,22,23)(H,24,25). The van der Waals surface area contributed by atoms with E-state index in [2.05, 4.69) is 35.5 Å². The lowest BCUT2D eigenvalue weighted by molar-refractivity contribution is -0.131. The molecule has 0 aromatic rings. The van der Waals surface area contributed by atoms with E-state index < -0.39 is 34.2 Å². The average Bonchev–Trinajstić information content (AvgIpc) is 2.48. The molecule has 4 rings (SSSR count). The summed E-state index contributed by atoms with van der Waals surface area (Å²) in [6.45, 7) is 0. The van der Waals surface area contributed by atoms with Gasteiger partial charge in [0, 0.05) is 34.0 Å². The highest BCUT2D eigenvalue weighted by molar-refractivity contribution is 5.87. The quantitative estimate of drug-likeness (QED) is 0.572. The van der Waals surface area contributed by atoms with Crippen molar-refractivity contribution in [2.45, 2.75) is 38.5 Å². The van der Waals surface area contributed by atoms with Crippen LogP contribution in [0.2, 0.25) is 0 Å². The maximum absolute atomic E-state index is 10.9. The molecule has 3 N–H and O–H groups in total. The SMILES string of the molecule is O=C(O)C#CC12CC3CC(C#CC(=O)O)(C1)CC(C#CC(=O)O)(C3)C2. The van der Waals surface area contributed by atoms with E-state index in [-0.39, 0.29) is 5.92 Å². The zero-order valence-electron chi connectivity index (χ0n) is 13.4. The third kappa shape index (κ3) is 3.32. The second-order valence-corrected chi connectivity index (χ2v) is 7.52. The van der Waals surface area contributed by atoms with E-state index in [1.807, 2.05) is 0 Å². The van der Waals surface area contributed by atoms with Gasteiger partial charge in [-0.25, -0.2) is 14.4 Å². The van der Waals surface area contributed by atoms with Crippen LogP contribution in [0, 0.1) is 57.7 Å². The number of aliphatic carboxylic acids is 3. The molecule has 0 saturated heterocycles. The van der Waals surface area contributed by atoms with Crippen molar-refractivity contribution in [1.29, 1.82) is 0 Å². The fourth-order valence-corrected chi connectivity index (χ4v) is 5.41. The van der Waals surface area contributed by atoms with Gasteiger partial charge in [0.1, 0.15) is 0 Å². The molecule has 0 amide bonds. The Morgan fingerprint density at radius 1 is 0.640 bits per heavy atom. The predicted molar refractivity (Wildman–Crippen MR) is 84.7 cm³/mol. The van der Waals surface area contributed by atoms with Crippen molar-refractivity contribution in [3.8, 4) is 35.5 Å². The lowest BCUT2D eigenvalue weighted by atomic mass is 9.40. The van der Waals surface area contributed by atoms with Crippen molar-refractivity contribution in [2.75, 3.05) is 0 Å². The van der Waals surface area contributed by atoms with Gasteiger partial charge in [0.15, 0.2) is 0 Å². The maximum atomic E-state index is 10.9. The Labute approximate surface area is 144 Å². The molecule has 25 heavy (non-hydrogen) atoms. The third-order valence-corrected chi connectivity index (χ3v) is 5.37. The molecule has 0 radical (unpaired) electrons. The van der Waals surface area contributed by atoms with Crippen molar-refractivity contribution in [2.24, 2.45) is 22.2 Å². The first-order chi connectivity index (χ1) is 11.7. The van der Waals surface area contributed by atoms with Crippen molar-refractivity contribution >= 4 is 17.9 Å². The number of carbonyl (C=O) groups is 3. The van der Waals surface area contributed by atoms with Crippen LogP contribution >= 0.6 is 0 Å². The van der Waals surface area contributed by atoms with Crippen molar-refractivity contribution in [3.05, 3.63) is 0 Å². The zero-order chi connectivity index (χ0) is 18.3. The summed E-state index contributed by atoms with van der Waals surface area (Å²) in [6.07, 6.45) is 3.69. The molecule has 0 aromatic heterocycles. The van der Waals surface area contributed by atoms with Crippen LogP contribution < -0.4 is 0 Å². The Balaban J connectivity index is 2.08. The average molecular weight is 340 g/mol. The summed E-state index contributed by atoms with van der Waals surface area (Å²) in [5.41, 5.74) is -1.80. The van der Waals surface area contributed by atoms with Crippen LogP contribution in [0.1, 0.15) is 38.5 Å². The topological polar surface area (TPSA) is 112 Å². The largest absolute Gasteiger partial charge is 0.472 e. The van der Waals surface area contributed by atoms with E-state index in [1.165, 1.54) is 0 Å². The van der Waals surface area contributed by atoms with Crippen molar-refractivity contribution in [1.82, 2.24) is 0 Å². The number of carboxylic acids is 3. The Kier molecular flexibility index (Phi) is 3.77. The summed E-state index contributed by atoms with van der Waals surface area (Å²) in [7, 11) is 0. The minimum atomic E-state index is -1.22. The van der Waals surface area contributed by atoms with Gasteiger partial charge in [-0.2, -0.15) is 0 Å². The predicted octanol–water partition coefficient (Wildman–Crippen LogP) is 1.21. The molecule has 4 aliphatic rings. The second-order valence-electron chi connectivity index (χ2n) is 7.52. The van der Waals surface area contributed by atoms with Gasteiger partial charge >= 0.3 is 17.9 Å². The van der Waals surface area contributed by atoms with E-state index in [0.717, 1.165) is 19.3 Å². The molecular formula is C19H16O6. The summed E-state index contributed by atoms with van der Waals surface area (Å²) >= 11 is 0. The first-order valence-electron chi connectivity index (χ1n) is 7.94. The third-order valence-electron chi connectivity index (χ3n) is 5.37. The van der Waals surface area contributed by atoms with Crippen LogP contribution in [0.3, 0.4) is 0 Å². The summed E-state index contributed by atoms with van der Waals surface area (Å²) in [4.78, 5) is 32.7. The summed E-state index contributed by atoms with van der Waals surface area (Å²) < 4.78 is 0. The fourth-order valence-electron chi connectivity index (χ4n) is 5.41. The molecule has 4 fully saturated rings. The van der Waals surface area contributed by atoms with Gasteiger partial charge in [-0.15, -0.1) is 0 Å². The van der Waals surface area contributed by atoms with Crippen molar-refractivity contribution in [3.63, 3.8) is 0 Å². The Morgan fingerprint density at radius 2 is 0.920 bits per heavy atom. The lowest BCUT2D eigenvalue weighted by Crippen LogP contribution is -2.55. The molecule has 0 aliphatic heterocycles. The van der Waals surface area contributed by atoms with Gasteiger partial charge in [0.2, 0.25) is 0 Å². The highest BCUT2D eigenvalue weighted by atomic mass is 16.4. The Hall–Kier alpha value is -2.91. The monoisotopic (exact) mass is 340 g/mol. The van der Waals surface area contributed by atoms with Crippen LogP contribution in [0.25, 0.3) is 0 Å². The highest BCUT2D eigenvalue weighted by Crippen LogP contribution is 2.69. The summed E-state index contributed by atoms with van der Waals surface area (Å²) in [5, 5.41) is 26.7. The normalized spacial score (nSPS) is 36.7. The minimum absolute atomic E-state index is 0.186. The molecule has 4 aliphatic carbocycles. The van der Waals surface area contributed by atoms with Crippen LogP contribution in [-0.4, -0.2) is 33.2 Å². The molecular weight excluding hydrogens is 324 g/mol. The van der Waals surface area contributed by atoms with Crippen LogP contribution in [0.15, 0.2) is 0 Å². The number of carboxylic acid groups (broad SMARTS) is 3. The minimum Gasteiger partial charge on any atom is -0.472 e. The molecule has 0 spiro atoms. The summed E-state index contributed by atoms with van der Waals surface area (Å²) in [5.74, 6) is 11.8. The van der Waals surface area contributed by atoms with E-state index in [9.17, 15) is 14.4 Å².